The van der Waals surface area contributed by atoms with Gasteiger partial charge in [0.25, 0.3) is 0 Å². The number of aliphatic hydroxyl groups excluding tert-OH is 1. The number of aliphatic hydroxyl groups is 1. The van der Waals surface area contributed by atoms with Gasteiger partial charge in [0, 0.05) is 23.2 Å². The van der Waals surface area contributed by atoms with Crippen molar-refractivity contribution in [1.82, 2.24) is 10.6 Å². The molecular weight excluding hydrogens is 276 g/mol. The Morgan fingerprint density at radius 2 is 2.15 bits per heavy atom. The molecule has 1 aromatic carbocycles. The smallest absolute Gasteiger partial charge is 0.315 e. The molecule has 1 fully saturated rings. The number of halogens is 1. The van der Waals surface area contributed by atoms with E-state index in [2.05, 4.69) is 10.6 Å². The van der Waals surface area contributed by atoms with Gasteiger partial charge in [-0.05, 0) is 31.7 Å². The highest BCUT2D eigenvalue weighted by Crippen LogP contribution is 2.29. The molecule has 1 saturated carbocycles. The van der Waals surface area contributed by atoms with Gasteiger partial charge in [0.2, 0.25) is 0 Å². The summed E-state index contributed by atoms with van der Waals surface area (Å²) in [5.41, 5.74) is 0.626. The highest BCUT2D eigenvalue weighted by molar-refractivity contribution is 6.31. The summed E-state index contributed by atoms with van der Waals surface area (Å²) >= 11 is 6.00. The molecule has 0 aliphatic heterocycles. The SMILES string of the molecule is CC(NC(=O)NCC(O)c1ccccc1Cl)C1CCC1. The Hall–Kier alpha value is -1.26. The third kappa shape index (κ3) is 3.87. The number of urea groups is 1. The average molecular weight is 297 g/mol. The fourth-order valence-corrected chi connectivity index (χ4v) is 2.62. The minimum absolute atomic E-state index is 0.146. The number of benzene rings is 1. The molecule has 2 atom stereocenters. The first-order chi connectivity index (χ1) is 9.58. The summed E-state index contributed by atoms with van der Waals surface area (Å²) in [7, 11) is 0. The first-order valence-electron chi connectivity index (χ1n) is 7.04. The molecule has 1 aliphatic rings. The lowest BCUT2D eigenvalue weighted by Crippen LogP contribution is -2.46. The molecule has 2 amide bonds. The van der Waals surface area contributed by atoms with E-state index in [-0.39, 0.29) is 18.6 Å². The summed E-state index contributed by atoms with van der Waals surface area (Å²) in [5, 5.41) is 16.1. The van der Waals surface area contributed by atoms with E-state index >= 15 is 0 Å². The van der Waals surface area contributed by atoms with Crippen molar-refractivity contribution in [2.24, 2.45) is 5.92 Å². The van der Waals surface area contributed by atoms with E-state index in [1.807, 2.05) is 13.0 Å². The molecule has 0 heterocycles. The van der Waals surface area contributed by atoms with Crippen LogP contribution in [-0.2, 0) is 0 Å². The zero-order valence-electron chi connectivity index (χ0n) is 11.6. The maximum absolute atomic E-state index is 11.8. The fourth-order valence-electron chi connectivity index (χ4n) is 2.36. The maximum atomic E-state index is 11.8. The van der Waals surface area contributed by atoms with Crippen LogP contribution in [0.25, 0.3) is 0 Å². The van der Waals surface area contributed by atoms with Gasteiger partial charge in [-0.2, -0.15) is 0 Å². The number of nitrogens with one attached hydrogen (secondary N) is 2. The van der Waals surface area contributed by atoms with E-state index in [4.69, 9.17) is 11.6 Å². The van der Waals surface area contributed by atoms with Crippen molar-refractivity contribution in [3.05, 3.63) is 34.9 Å². The van der Waals surface area contributed by atoms with Gasteiger partial charge in [0.1, 0.15) is 0 Å². The third-order valence-electron chi connectivity index (χ3n) is 3.94. The summed E-state index contributed by atoms with van der Waals surface area (Å²) in [6, 6.07) is 7.03. The lowest BCUT2D eigenvalue weighted by Gasteiger charge is -2.31. The van der Waals surface area contributed by atoms with E-state index in [0.29, 0.717) is 16.5 Å². The number of amides is 2. The van der Waals surface area contributed by atoms with Crippen LogP contribution in [0, 0.1) is 5.92 Å². The minimum Gasteiger partial charge on any atom is -0.387 e. The molecule has 0 aromatic heterocycles. The van der Waals surface area contributed by atoms with Gasteiger partial charge in [-0.15, -0.1) is 0 Å². The molecule has 110 valence electrons. The van der Waals surface area contributed by atoms with Gasteiger partial charge in [0.15, 0.2) is 0 Å². The van der Waals surface area contributed by atoms with Crippen LogP contribution >= 0.6 is 11.6 Å². The minimum atomic E-state index is -0.798. The van der Waals surface area contributed by atoms with E-state index in [0.717, 1.165) is 0 Å². The maximum Gasteiger partial charge on any atom is 0.315 e. The Morgan fingerprint density at radius 3 is 2.75 bits per heavy atom. The molecule has 2 unspecified atom stereocenters. The van der Waals surface area contributed by atoms with Gasteiger partial charge in [0.05, 0.1) is 6.10 Å². The van der Waals surface area contributed by atoms with Crippen LogP contribution in [0.15, 0.2) is 24.3 Å². The second-order valence-electron chi connectivity index (χ2n) is 5.37. The van der Waals surface area contributed by atoms with Crippen LogP contribution in [0.3, 0.4) is 0 Å². The number of carbonyl (C=O) groups is 1. The Labute approximate surface area is 124 Å². The van der Waals surface area contributed by atoms with Gasteiger partial charge in [-0.25, -0.2) is 4.79 Å². The van der Waals surface area contributed by atoms with Crippen molar-refractivity contribution in [3.63, 3.8) is 0 Å². The fraction of sp³-hybridized carbons (Fsp3) is 0.533. The van der Waals surface area contributed by atoms with Crippen LogP contribution in [-0.4, -0.2) is 23.7 Å². The number of carbonyl (C=O) groups excluding carboxylic acids is 1. The lowest BCUT2D eigenvalue weighted by atomic mass is 9.80. The number of hydrogen-bond donors (Lipinski definition) is 3. The quantitative estimate of drug-likeness (QED) is 0.782. The monoisotopic (exact) mass is 296 g/mol. The van der Waals surface area contributed by atoms with Crippen LogP contribution in [0.5, 0.6) is 0 Å². The standard InChI is InChI=1S/C15H21ClN2O2/c1-10(11-5-4-6-11)18-15(20)17-9-14(19)12-7-2-3-8-13(12)16/h2-3,7-8,10-11,14,19H,4-6,9H2,1H3,(H2,17,18,20). The molecule has 0 radical (unpaired) electrons. The van der Waals surface area contributed by atoms with E-state index in [1.54, 1.807) is 18.2 Å². The predicted molar refractivity (Wildman–Crippen MR) is 79.7 cm³/mol. The van der Waals surface area contributed by atoms with Crippen LogP contribution in [0.4, 0.5) is 4.79 Å². The highest BCUT2D eigenvalue weighted by atomic mass is 35.5. The zero-order chi connectivity index (χ0) is 14.5. The molecule has 0 spiro atoms. The summed E-state index contributed by atoms with van der Waals surface area (Å²) < 4.78 is 0. The predicted octanol–water partition coefficient (Wildman–Crippen LogP) is 2.86. The molecule has 2 rings (SSSR count). The van der Waals surface area contributed by atoms with Gasteiger partial charge in [-0.3, -0.25) is 0 Å². The van der Waals surface area contributed by atoms with Crippen LogP contribution in [0.1, 0.15) is 37.9 Å². The molecular formula is C15H21ClN2O2. The number of rotatable bonds is 5. The Balaban J connectivity index is 1.76. The van der Waals surface area contributed by atoms with Crippen molar-refractivity contribution in [1.29, 1.82) is 0 Å². The Bertz CT molecular complexity index is 463. The van der Waals surface area contributed by atoms with Gasteiger partial charge < -0.3 is 15.7 Å². The van der Waals surface area contributed by atoms with Crippen molar-refractivity contribution in [2.75, 3.05) is 6.54 Å². The Kier molecular flexibility index (Phi) is 5.26. The summed E-state index contributed by atoms with van der Waals surface area (Å²) in [6.07, 6.45) is 2.82. The molecule has 5 heteroatoms. The average Bonchev–Trinajstić information content (AvgIpc) is 2.34. The zero-order valence-corrected chi connectivity index (χ0v) is 12.4. The largest absolute Gasteiger partial charge is 0.387 e. The highest BCUT2D eigenvalue weighted by Gasteiger charge is 2.25. The third-order valence-corrected chi connectivity index (χ3v) is 4.28. The summed E-state index contributed by atoms with van der Waals surface area (Å²) in [5.74, 6) is 0.592. The molecule has 0 saturated heterocycles. The normalized spacial score (nSPS) is 17.9. The summed E-state index contributed by atoms with van der Waals surface area (Å²) in [6.45, 7) is 2.17. The van der Waals surface area contributed by atoms with Crippen LogP contribution < -0.4 is 10.6 Å². The molecule has 20 heavy (non-hydrogen) atoms. The van der Waals surface area contributed by atoms with Gasteiger partial charge >= 0.3 is 6.03 Å². The van der Waals surface area contributed by atoms with Crippen molar-refractivity contribution in [3.8, 4) is 0 Å². The van der Waals surface area contributed by atoms with Crippen molar-refractivity contribution in [2.45, 2.75) is 38.3 Å². The first-order valence-corrected chi connectivity index (χ1v) is 7.42. The second-order valence-corrected chi connectivity index (χ2v) is 5.78. The lowest BCUT2D eigenvalue weighted by molar-refractivity contribution is 0.170. The van der Waals surface area contributed by atoms with Crippen LogP contribution in [0.2, 0.25) is 5.02 Å². The van der Waals surface area contributed by atoms with Gasteiger partial charge in [-0.1, -0.05) is 36.2 Å². The van der Waals surface area contributed by atoms with E-state index in [9.17, 15) is 9.90 Å². The molecule has 1 aromatic rings. The van der Waals surface area contributed by atoms with Crippen molar-refractivity contribution >= 4 is 17.6 Å². The molecule has 0 bridgehead atoms. The molecule has 4 nitrogen and oxygen atoms in total. The molecule has 1 aliphatic carbocycles. The van der Waals surface area contributed by atoms with E-state index < -0.39 is 6.10 Å². The topological polar surface area (TPSA) is 61.4 Å². The first kappa shape index (κ1) is 15.1. The van der Waals surface area contributed by atoms with Crippen molar-refractivity contribution < 1.29 is 9.90 Å². The Morgan fingerprint density at radius 1 is 1.45 bits per heavy atom. The summed E-state index contributed by atoms with van der Waals surface area (Å²) in [4.78, 5) is 11.8. The number of hydrogen-bond acceptors (Lipinski definition) is 2. The second kappa shape index (κ2) is 6.95. The van der Waals surface area contributed by atoms with E-state index in [1.165, 1.54) is 19.3 Å². The molecule has 3 N–H and O–H groups in total.